The second-order valence-electron chi connectivity index (χ2n) is 31.2. The van der Waals surface area contributed by atoms with Crippen LogP contribution in [-0.4, -0.2) is 245 Å². The predicted octanol–water partition coefficient (Wildman–Crippen LogP) is 1.26. The molecular weight excluding hydrogens is 1700 g/mol. The largest absolute Gasteiger partial charge is 0.573 e. The zero-order valence-corrected chi connectivity index (χ0v) is 68.8. The van der Waals surface area contributed by atoms with E-state index in [1.54, 1.807) is 13.8 Å². The molecule has 0 radical (unpaired) electrons. The van der Waals surface area contributed by atoms with Gasteiger partial charge in [0.1, 0.15) is 120 Å². The van der Waals surface area contributed by atoms with E-state index in [1.807, 2.05) is 0 Å². The fourth-order valence-electron chi connectivity index (χ4n) is 15.0. The van der Waals surface area contributed by atoms with Crippen LogP contribution in [0.5, 0.6) is 51.7 Å². The molecule has 7 amide bonds. The molecule has 9 bridgehead atoms. The van der Waals surface area contributed by atoms with Gasteiger partial charge in [-0.3, -0.25) is 33.6 Å². The van der Waals surface area contributed by atoms with Crippen LogP contribution in [-0.2, 0) is 68.6 Å². The molecule has 7 heterocycles. The molecule has 23 atom stereocenters. The van der Waals surface area contributed by atoms with Crippen LogP contribution in [0.3, 0.4) is 0 Å². The molecular formula is C81H95Cl2F3N10O29. The fraction of sp³-hybridized carbons (Fsp3) is 0.457. The van der Waals surface area contributed by atoms with Crippen molar-refractivity contribution in [2.45, 2.75) is 207 Å². The lowest BCUT2D eigenvalue weighted by Crippen LogP contribution is -2.65. The van der Waals surface area contributed by atoms with Crippen molar-refractivity contribution in [3.05, 3.63) is 147 Å². The Morgan fingerprint density at radius 1 is 0.704 bits per heavy atom. The van der Waals surface area contributed by atoms with Crippen LogP contribution < -0.4 is 72.9 Å². The summed E-state index contributed by atoms with van der Waals surface area (Å²) in [5, 5.41) is 158. The number of nitrogens with two attached hydrogens (primary N) is 2. The Morgan fingerprint density at radius 2 is 1.34 bits per heavy atom. The number of carbonyl (C=O) groups is 8. The molecule has 0 aromatic heterocycles. The predicted molar refractivity (Wildman–Crippen MR) is 426 cm³/mol. The molecule has 3 saturated heterocycles. The molecule has 24 N–H and O–H groups in total. The number of aliphatic hydroxyl groups is 8. The number of carbonyl (C=O) groups excluding carboxylic acids is 7. The maximum atomic E-state index is 15.9. The van der Waals surface area contributed by atoms with Gasteiger partial charge < -0.3 is 158 Å². The lowest BCUT2D eigenvalue weighted by molar-refractivity contribution is -0.350. The molecule has 44 heteroatoms. The number of phenols is 3. The van der Waals surface area contributed by atoms with Crippen molar-refractivity contribution in [1.82, 2.24) is 42.5 Å². The van der Waals surface area contributed by atoms with E-state index >= 15 is 14.4 Å². The van der Waals surface area contributed by atoms with E-state index < -0.39 is 291 Å². The number of hydrogen-bond donors (Lipinski definition) is 22. The molecule has 0 saturated carbocycles. The van der Waals surface area contributed by atoms with Gasteiger partial charge in [-0.1, -0.05) is 67.4 Å². The molecule has 0 aliphatic carbocycles. The SMILES string of the molecule is CN[C@H](CC(C)C)C(=O)NC1C(=O)N[C@@H](CC(N)=O)C(=O)N[C@H]2C(=O)N[C@@H](C)c3ccc(O)c(c3)-c3c(O)cc(O)cc3[C@H](C(=O)O)NC(=O)[C@@H](NC=O)[C@H](OC3C[C@](C)(N)[C@@H](O)[C@H](C)O3)c3ccc(c(Cl)c3)Oc3cc2cc(c3O[C@@H]2O[C@H](CO)[C@@H](O[C@@H]3O[C@H](CNCc4cccc(OC(F)(F)F)c4)[C@H](O)[C@H](O)[C@H]3O)[C@H](O)[C@H]2O)Oc2ccc(cc2Cl)[C@H]1O. The topological polar surface area (TPSA) is 611 Å². The van der Waals surface area contributed by atoms with Crippen LogP contribution in [0.2, 0.25) is 10.0 Å². The third kappa shape index (κ3) is 22.3. The summed E-state index contributed by atoms with van der Waals surface area (Å²) in [6.45, 7) is 6.10. The number of rotatable bonds is 22. The smallest absolute Gasteiger partial charge is 0.508 e. The fourth-order valence-corrected chi connectivity index (χ4v) is 15.5. The van der Waals surface area contributed by atoms with E-state index in [-0.39, 0.29) is 54.0 Å². The number of primary amides is 1. The van der Waals surface area contributed by atoms with Crippen molar-refractivity contribution in [3.8, 4) is 62.9 Å². The van der Waals surface area contributed by atoms with Gasteiger partial charge in [-0.15, -0.1) is 13.2 Å². The van der Waals surface area contributed by atoms with Crippen LogP contribution in [0.4, 0.5) is 13.2 Å². The number of aromatic hydroxyl groups is 3. The average molecular weight is 1800 g/mol. The molecule has 0 spiro atoms. The summed E-state index contributed by atoms with van der Waals surface area (Å²) in [6, 6.07) is 5.30. The molecule has 3 fully saturated rings. The molecule has 678 valence electrons. The van der Waals surface area contributed by atoms with Gasteiger partial charge in [-0.2, -0.15) is 0 Å². The van der Waals surface area contributed by atoms with Crippen molar-refractivity contribution in [2.24, 2.45) is 17.4 Å². The summed E-state index contributed by atoms with van der Waals surface area (Å²) < 4.78 is 93.8. The molecule has 2 unspecified atom stereocenters. The standard InChI is InChI=1S/C81H95Cl2F3N10O29/c1-31(2)16-45(89-6)72(110)96-60-62(103)36-11-14-49(43(82)19-36)118-51-21-38-22-52(69(51)123-79-67(108)65(106)70(54(29-97)121-79)124-78-66(107)64(105)63(104)53(120-78)28-90-27-34-8-7-9-40(17-34)125-81(84,85)86)119-50-15-12-37(20-44(50)83)68(122-56-26-80(5,88)71(109)33(4)117-56)61(91-30-98)76(114)95-59(77(115)116)42-23-39(99)24-48(101)57(42)41-18-35(10-13-47(41)100)32(3)92-74(112)58(38)94-73(111)46(25-55(87)102)93-75(60)113/h7-15,17-24,30-33,45-46,53-54,56,58-68,70-71,78-79,89-90,97,99-101,103-109H,16,25-29,88H2,1-6H3,(H2,87,102)(H,91,98)(H,92,112)(H,93,113)(H,94,111)(H,95,114)(H,96,110)(H,115,116)/t32-,33-,45+,46-,53+,54+,56?,58+,59+,60?,61-,62+,63-,64-,65+,66+,67+,68+,70+,71-,78-,79-,80-/m0/s1. The third-order valence-electron chi connectivity index (χ3n) is 21.4. The van der Waals surface area contributed by atoms with E-state index in [9.17, 15) is 98.4 Å². The molecule has 6 aromatic rings. The number of aliphatic hydroxyl groups excluding tert-OH is 8. The number of nitrogens with one attached hydrogen (secondary N) is 8. The molecule has 39 nitrogen and oxygen atoms in total. The highest BCUT2D eigenvalue weighted by atomic mass is 35.5. The summed E-state index contributed by atoms with van der Waals surface area (Å²) >= 11 is 14.4. The van der Waals surface area contributed by atoms with Gasteiger partial charge in [0.25, 0.3) is 0 Å². The van der Waals surface area contributed by atoms with Gasteiger partial charge in [-0.25, -0.2) is 4.79 Å². The van der Waals surface area contributed by atoms with Crippen LogP contribution in [0.1, 0.15) is 118 Å². The Morgan fingerprint density at radius 3 is 1.96 bits per heavy atom. The van der Waals surface area contributed by atoms with Gasteiger partial charge in [0, 0.05) is 47.8 Å². The highest BCUT2D eigenvalue weighted by Crippen LogP contribution is 2.50. The Kier molecular flexibility index (Phi) is 30.4. The van der Waals surface area contributed by atoms with Crippen LogP contribution >= 0.6 is 23.2 Å². The minimum Gasteiger partial charge on any atom is -0.508 e. The van der Waals surface area contributed by atoms with Crippen LogP contribution in [0, 0.1) is 5.92 Å². The van der Waals surface area contributed by atoms with Gasteiger partial charge in [-0.05, 0) is 135 Å². The number of fused-ring (bicyclic) bond motifs is 16. The first kappa shape index (κ1) is 95.1. The second kappa shape index (κ2) is 39.9. The first-order chi connectivity index (χ1) is 59.0. The van der Waals surface area contributed by atoms with Gasteiger partial charge in [0.05, 0.1) is 47.4 Å². The summed E-state index contributed by atoms with van der Waals surface area (Å²) in [4.78, 5) is 116. The van der Waals surface area contributed by atoms with Crippen LogP contribution in [0.15, 0.2) is 103 Å². The van der Waals surface area contributed by atoms with Crippen molar-refractivity contribution < 1.29 is 155 Å². The highest BCUT2D eigenvalue weighted by molar-refractivity contribution is 6.32. The number of phenolic OH excluding ortho intramolecular Hbond substituents is 3. The van der Waals surface area contributed by atoms with E-state index in [2.05, 4.69) is 47.3 Å². The van der Waals surface area contributed by atoms with E-state index in [0.29, 0.717) is 0 Å². The van der Waals surface area contributed by atoms with Crippen molar-refractivity contribution in [1.29, 1.82) is 0 Å². The Balaban J connectivity index is 1.09. The van der Waals surface area contributed by atoms with Crippen molar-refractivity contribution in [2.75, 3.05) is 20.2 Å². The summed E-state index contributed by atoms with van der Waals surface area (Å²) in [7, 11) is 1.46. The first-order valence-corrected chi connectivity index (χ1v) is 39.8. The first-order valence-electron chi connectivity index (χ1n) is 39.0. The summed E-state index contributed by atoms with van der Waals surface area (Å²) in [5.74, 6) is -15.5. The van der Waals surface area contributed by atoms with Gasteiger partial charge in [0.2, 0.25) is 53.9 Å². The monoisotopic (exact) mass is 1800 g/mol. The number of amides is 7. The maximum absolute atomic E-state index is 15.9. The van der Waals surface area contributed by atoms with Crippen LogP contribution in [0.25, 0.3) is 11.1 Å². The molecule has 13 rings (SSSR count). The zero-order valence-electron chi connectivity index (χ0n) is 67.3. The molecule has 6 aromatic carbocycles. The summed E-state index contributed by atoms with van der Waals surface area (Å²) in [5.41, 5.74) is 8.60. The molecule has 7 aliphatic rings. The Bertz CT molecular complexity index is 4970. The lowest BCUT2D eigenvalue weighted by Gasteiger charge is -2.46. The number of alkyl halides is 3. The third-order valence-corrected chi connectivity index (χ3v) is 22.0. The minimum absolute atomic E-state index is 0.0217. The highest BCUT2D eigenvalue weighted by Gasteiger charge is 2.53. The number of hydrogen-bond acceptors (Lipinski definition) is 31. The number of carboxylic acid groups (broad SMARTS) is 1. The maximum Gasteiger partial charge on any atom is 0.573 e. The summed E-state index contributed by atoms with van der Waals surface area (Å²) in [6.07, 6.45) is -34.9. The van der Waals surface area contributed by atoms with Crippen molar-refractivity contribution in [3.63, 3.8) is 0 Å². The van der Waals surface area contributed by atoms with Gasteiger partial charge in [0.15, 0.2) is 30.1 Å². The molecule has 125 heavy (non-hydrogen) atoms. The number of likely N-dealkylation sites (N-methyl/N-ethyl adjacent to an activating group) is 1. The Hall–Kier alpha value is -10.6. The van der Waals surface area contributed by atoms with Gasteiger partial charge >= 0.3 is 12.3 Å². The van der Waals surface area contributed by atoms with E-state index in [4.69, 9.17) is 72.6 Å². The number of ether oxygens (including phenoxy) is 9. The second-order valence-corrected chi connectivity index (χ2v) is 32.0. The number of carboxylic acids is 1. The number of halogens is 5. The van der Waals surface area contributed by atoms with Crippen molar-refractivity contribution >= 4 is 71.0 Å². The number of aliphatic carboxylic acids is 1. The minimum atomic E-state index is -5.02. The number of benzene rings is 6. The zero-order chi connectivity index (χ0) is 91.3. The normalized spacial score (nSPS) is 29.5. The quantitative estimate of drug-likeness (QED) is 0.0425. The van der Waals surface area contributed by atoms with E-state index in [0.717, 1.165) is 72.8 Å². The molecule has 7 aliphatic heterocycles. The Labute approximate surface area is 719 Å². The average Bonchev–Trinajstić information content (AvgIpc) is 0.774. The van der Waals surface area contributed by atoms with E-state index in [1.165, 1.54) is 58.2 Å². The lowest BCUT2D eigenvalue weighted by atomic mass is 9.86.